The van der Waals surface area contributed by atoms with Crippen LogP contribution in [0.5, 0.6) is 0 Å². The molecule has 116 valence electrons. The molecule has 0 spiro atoms. The molecule has 3 aromatic rings. The Balaban J connectivity index is 1.87. The average molecular weight is 375 g/mol. The molecule has 0 saturated heterocycles. The lowest BCUT2D eigenvalue weighted by Crippen LogP contribution is -2.15. The lowest BCUT2D eigenvalue weighted by atomic mass is 10.2. The topological polar surface area (TPSA) is 59.8 Å². The van der Waals surface area contributed by atoms with E-state index in [-0.39, 0.29) is 11.4 Å². The van der Waals surface area contributed by atoms with Crippen LogP contribution in [0.1, 0.15) is 16.2 Å². The third-order valence-electron chi connectivity index (χ3n) is 3.16. The maximum Gasteiger partial charge on any atom is 0.278 e. The van der Waals surface area contributed by atoms with Crippen molar-refractivity contribution >= 4 is 27.5 Å². The van der Waals surface area contributed by atoms with E-state index in [2.05, 4.69) is 31.4 Å². The van der Waals surface area contributed by atoms with Gasteiger partial charge in [0, 0.05) is 4.47 Å². The van der Waals surface area contributed by atoms with Crippen LogP contribution in [-0.2, 0) is 0 Å². The molecule has 1 aromatic heterocycles. The molecule has 0 saturated carbocycles. The normalized spacial score (nSPS) is 10.6. The van der Waals surface area contributed by atoms with Gasteiger partial charge in [0.1, 0.15) is 5.82 Å². The second-order valence-corrected chi connectivity index (χ2v) is 5.75. The van der Waals surface area contributed by atoms with Gasteiger partial charge in [0.25, 0.3) is 5.91 Å². The summed E-state index contributed by atoms with van der Waals surface area (Å²) in [6.45, 7) is 1.68. The van der Waals surface area contributed by atoms with Gasteiger partial charge in [-0.15, -0.1) is 5.10 Å². The number of hydrogen-bond acceptors (Lipinski definition) is 3. The molecule has 0 radical (unpaired) electrons. The number of halogens is 2. The van der Waals surface area contributed by atoms with Crippen molar-refractivity contribution in [3.05, 3.63) is 70.2 Å². The summed E-state index contributed by atoms with van der Waals surface area (Å²) in [4.78, 5) is 13.7. The number of carbonyl (C=O) groups is 1. The van der Waals surface area contributed by atoms with Crippen LogP contribution in [0, 0.1) is 12.7 Å². The van der Waals surface area contributed by atoms with E-state index in [9.17, 15) is 9.18 Å². The zero-order valence-electron chi connectivity index (χ0n) is 12.1. The zero-order valence-corrected chi connectivity index (χ0v) is 13.7. The highest BCUT2D eigenvalue weighted by molar-refractivity contribution is 9.10. The Morgan fingerprint density at radius 1 is 1.17 bits per heavy atom. The predicted octanol–water partition coefficient (Wildman–Crippen LogP) is 3.73. The molecule has 0 aliphatic carbocycles. The van der Waals surface area contributed by atoms with Crippen molar-refractivity contribution in [2.75, 3.05) is 5.32 Å². The first-order valence-corrected chi connectivity index (χ1v) is 7.59. The second-order valence-electron chi connectivity index (χ2n) is 4.84. The van der Waals surface area contributed by atoms with Gasteiger partial charge in [-0.2, -0.15) is 9.90 Å². The number of aromatic nitrogens is 3. The molecule has 0 bridgehead atoms. The van der Waals surface area contributed by atoms with Gasteiger partial charge in [-0.1, -0.05) is 34.1 Å². The molecule has 0 atom stereocenters. The average Bonchev–Trinajstić information content (AvgIpc) is 2.93. The number of rotatable bonds is 3. The van der Waals surface area contributed by atoms with E-state index < -0.39 is 11.7 Å². The van der Waals surface area contributed by atoms with Crippen LogP contribution in [0.15, 0.2) is 53.0 Å². The Bertz CT molecular complexity index is 864. The van der Waals surface area contributed by atoms with E-state index in [1.807, 2.05) is 30.3 Å². The summed E-state index contributed by atoms with van der Waals surface area (Å²) in [5, 5.41) is 10.9. The zero-order chi connectivity index (χ0) is 16.4. The van der Waals surface area contributed by atoms with Gasteiger partial charge in [0.15, 0.2) is 5.69 Å². The predicted molar refractivity (Wildman–Crippen MR) is 88.1 cm³/mol. The summed E-state index contributed by atoms with van der Waals surface area (Å²) in [6, 6.07) is 13.6. The van der Waals surface area contributed by atoms with Crippen LogP contribution in [0.4, 0.5) is 10.1 Å². The minimum atomic E-state index is -0.527. The Hall–Kier alpha value is -2.54. The third-order valence-corrected chi connectivity index (χ3v) is 3.66. The first kappa shape index (κ1) is 15.4. The largest absolute Gasteiger partial charge is 0.318 e. The molecule has 1 amide bonds. The summed E-state index contributed by atoms with van der Waals surface area (Å²) in [5.74, 6) is -1.04. The van der Waals surface area contributed by atoms with Crippen LogP contribution in [-0.4, -0.2) is 20.9 Å². The van der Waals surface area contributed by atoms with Crippen molar-refractivity contribution in [3.8, 4) is 5.69 Å². The lowest BCUT2D eigenvalue weighted by Gasteiger charge is -2.05. The molecule has 23 heavy (non-hydrogen) atoms. The highest BCUT2D eigenvalue weighted by atomic mass is 79.9. The maximum absolute atomic E-state index is 13.8. The molecule has 0 fully saturated rings. The maximum atomic E-state index is 13.8. The number of para-hydroxylation sites is 1. The van der Waals surface area contributed by atoms with Gasteiger partial charge < -0.3 is 5.32 Å². The number of aryl methyl sites for hydroxylation is 1. The number of anilines is 1. The summed E-state index contributed by atoms with van der Waals surface area (Å²) in [5.41, 5.74) is 1.44. The number of amides is 1. The molecule has 0 unspecified atom stereocenters. The molecule has 2 aromatic carbocycles. The molecule has 1 heterocycles. The fraction of sp³-hybridized carbons (Fsp3) is 0.0625. The van der Waals surface area contributed by atoms with Crippen molar-refractivity contribution in [2.24, 2.45) is 0 Å². The van der Waals surface area contributed by atoms with E-state index in [1.54, 1.807) is 13.0 Å². The Morgan fingerprint density at radius 3 is 2.61 bits per heavy atom. The summed E-state index contributed by atoms with van der Waals surface area (Å²) in [6.07, 6.45) is 0. The molecule has 3 rings (SSSR count). The lowest BCUT2D eigenvalue weighted by molar-refractivity contribution is 0.102. The molecule has 1 N–H and O–H groups in total. The second kappa shape index (κ2) is 6.29. The van der Waals surface area contributed by atoms with Crippen LogP contribution in [0.3, 0.4) is 0 Å². The van der Waals surface area contributed by atoms with Crippen molar-refractivity contribution < 1.29 is 9.18 Å². The number of nitrogens with zero attached hydrogens (tertiary/aromatic N) is 3. The van der Waals surface area contributed by atoms with Gasteiger partial charge in [-0.05, 0) is 37.3 Å². The molecule has 0 aliphatic heterocycles. The number of benzene rings is 2. The third kappa shape index (κ3) is 3.29. The van der Waals surface area contributed by atoms with E-state index in [1.165, 1.54) is 16.9 Å². The minimum Gasteiger partial charge on any atom is -0.318 e. The molecule has 5 nitrogen and oxygen atoms in total. The monoisotopic (exact) mass is 374 g/mol. The summed E-state index contributed by atoms with van der Waals surface area (Å²) < 4.78 is 14.4. The summed E-state index contributed by atoms with van der Waals surface area (Å²) >= 11 is 3.17. The van der Waals surface area contributed by atoms with E-state index in [0.29, 0.717) is 10.2 Å². The minimum absolute atomic E-state index is 0.0897. The van der Waals surface area contributed by atoms with Crippen LogP contribution in [0.25, 0.3) is 5.69 Å². The molecule has 0 aliphatic rings. The molecular weight excluding hydrogens is 363 g/mol. The fourth-order valence-corrected chi connectivity index (χ4v) is 2.37. The number of hydrogen-bond donors (Lipinski definition) is 1. The van der Waals surface area contributed by atoms with Crippen LogP contribution in [0.2, 0.25) is 0 Å². The van der Waals surface area contributed by atoms with E-state index >= 15 is 0 Å². The van der Waals surface area contributed by atoms with Gasteiger partial charge in [-0.25, -0.2) is 4.39 Å². The first-order valence-electron chi connectivity index (χ1n) is 6.80. The standard InChI is InChI=1S/C16H12BrFN4O/c1-10-15(21-22(20-10)12-5-3-2-4-6-12)16(23)19-14-8-7-11(17)9-13(14)18/h2-9H,1H3,(H,19,23). The van der Waals surface area contributed by atoms with Crippen LogP contribution < -0.4 is 5.32 Å². The number of carbonyl (C=O) groups excluding carboxylic acids is 1. The highest BCUT2D eigenvalue weighted by Gasteiger charge is 2.17. The Labute approximate surface area is 140 Å². The first-order chi connectivity index (χ1) is 11.0. The molecular formula is C16H12BrFN4O. The van der Waals surface area contributed by atoms with Crippen molar-refractivity contribution in [1.82, 2.24) is 15.0 Å². The number of nitrogens with one attached hydrogen (secondary N) is 1. The SMILES string of the molecule is Cc1nn(-c2ccccc2)nc1C(=O)Nc1ccc(Br)cc1F. The van der Waals surface area contributed by atoms with Gasteiger partial charge in [0.05, 0.1) is 17.1 Å². The van der Waals surface area contributed by atoms with Gasteiger partial charge in [0.2, 0.25) is 0 Å². The van der Waals surface area contributed by atoms with Crippen LogP contribution >= 0.6 is 15.9 Å². The van der Waals surface area contributed by atoms with Crippen molar-refractivity contribution in [1.29, 1.82) is 0 Å². The Kier molecular flexibility index (Phi) is 4.20. The van der Waals surface area contributed by atoms with Gasteiger partial charge in [-0.3, -0.25) is 4.79 Å². The fourth-order valence-electron chi connectivity index (χ4n) is 2.04. The van der Waals surface area contributed by atoms with Crippen molar-refractivity contribution in [3.63, 3.8) is 0 Å². The quantitative estimate of drug-likeness (QED) is 0.759. The highest BCUT2D eigenvalue weighted by Crippen LogP contribution is 2.20. The van der Waals surface area contributed by atoms with Gasteiger partial charge >= 0.3 is 0 Å². The molecule has 7 heteroatoms. The smallest absolute Gasteiger partial charge is 0.278 e. The van der Waals surface area contributed by atoms with E-state index in [4.69, 9.17) is 0 Å². The van der Waals surface area contributed by atoms with E-state index in [0.717, 1.165) is 5.69 Å². The Morgan fingerprint density at radius 2 is 1.91 bits per heavy atom. The van der Waals surface area contributed by atoms with Crippen molar-refractivity contribution in [2.45, 2.75) is 6.92 Å². The summed E-state index contributed by atoms with van der Waals surface area (Å²) in [7, 11) is 0.